The fraction of sp³-hybridized carbons (Fsp3) is 0.409. The van der Waals surface area contributed by atoms with Gasteiger partial charge >= 0.3 is 0 Å². The molecule has 0 N–H and O–H groups in total. The molecule has 0 heterocycles. The van der Waals surface area contributed by atoms with Crippen molar-refractivity contribution in [1.82, 2.24) is 0 Å². The lowest BCUT2D eigenvalue weighted by Gasteiger charge is -2.38. The number of hydrogen-bond acceptors (Lipinski definition) is 0. The molecule has 0 nitrogen and oxygen atoms in total. The summed E-state index contributed by atoms with van der Waals surface area (Å²) in [5, 5.41) is 10.1. The molecule has 0 aliphatic heterocycles. The van der Waals surface area contributed by atoms with Crippen molar-refractivity contribution in [2.75, 3.05) is 0 Å². The molecule has 0 unspecified atom stereocenters. The molecule has 0 saturated carbocycles. The van der Waals surface area contributed by atoms with Crippen molar-refractivity contribution in [3.8, 4) is 22.9 Å². The first-order valence-electron chi connectivity index (χ1n) is 17.6. The van der Waals surface area contributed by atoms with E-state index in [-0.39, 0.29) is 0 Å². The van der Waals surface area contributed by atoms with Crippen LogP contribution >= 0.6 is 0 Å². The lowest BCUT2D eigenvalue weighted by atomic mass is 9.87. The van der Waals surface area contributed by atoms with E-state index >= 15 is 0 Å². The summed E-state index contributed by atoms with van der Waals surface area (Å²) >= 11 is 0. The van der Waals surface area contributed by atoms with Crippen LogP contribution in [0.1, 0.15) is 94.2 Å². The Morgan fingerprint density at radius 1 is 0.370 bits per heavy atom. The maximum Gasteiger partial charge on any atom is 0.146 e. The third-order valence-electron chi connectivity index (χ3n) is 11.4. The molecule has 46 heavy (non-hydrogen) atoms. The summed E-state index contributed by atoms with van der Waals surface area (Å²) in [6.07, 6.45) is 0. The fourth-order valence-corrected chi connectivity index (χ4v) is 19.7. The van der Waals surface area contributed by atoms with Gasteiger partial charge in [0.05, 0.1) is 0 Å². The van der Waals surface area contributed by atoms with Gasteiger partial charge in [-0.15, -0.1) is 11.1 Å². The quantitative estimate of drug-likeness (QED) is 0.0751. The molecule has 0 radical (unpaired) electrons. The second-order valence-corrected chi connectivity index (χ2v) is 26.6. The normalized spacial score (nSPS) is 12.7. The summed E-state index contributed by atoms with van der Waals surface area (Å²) in [4.78, 5) is 0. The van der Waals surface area contributed by atoms with Crippen LogP contribution in [-0.2, 0) is 0 Å². The molecule has 0 bridgehead atoms. The molecule has 0 saturated heterocycles. The zero-order valence-electron chi connectivity index (χ0n) is 30.4. The van der Waals surface area contributed by atoms with Crippen molar-refractivity contribution in [1.29, 1.82) is 0 Å². The lowest BCUT2D eigenvalue weighted by molar-refractivity contribution is 0.838. The topological polar surface area (TPSA) is 0 Å². The summed E-state index contributed by atoms with van der Waals surface area (Å²) in [6, 6.07) is 27.0. The maximum atomic E-state index is 4.13. The monoisotopic (exact) mass is 638 g/mol. The minimum absolute atomic E-state index is 0.571. The van der Waals surface area contributed by atoms with Gasteiger partial charge in [-0.25, -0.2) is 0 Å². The Labute approximate surface area is 281 Å². The lowest BCUT2D eigenvalue weighted by Crippen LogP contribution is -2.43. The fourth-order valence-electron chi connectivity index (χ4n) is 9.23. The van der Waals surface area contributed by atoms with Crippen LogP contribution in [0.3, 0.4) is 0 Å². The molecule has 5 rings (SSSR count). The Bertz CT molecular complexity index is 1840. The van der Waals surface area contributed by atoms with Gasteiger partial charge in [0.2, 0.25) is 0 Å². The van der Waals surface area contributed by atoms with Crippen molar-refractivity contribution in [3.05, 3.63) is 83.9 Å². The Hall–Kier alpha value is -3.31. The molecule has 0 atom stereocenters. The van der Waals surface area contributed by atoms with E-state index in [0.29, 0.717) is 33.2 Å². The van der Waals surface area contributed by atoms with Gasteiger partial charge in [0, 0.05) is 21.9 Å². The van der Waals surface area contributed by atoms with Crippen molar-refractivity contribution < 1.29 is 0 Å². The van der Waals surface area contributed by atoms with Gasteiger partial charge in [-0.2, -0.15) is 0 Å². The average molecular weight is 639 g/mol. The van der Waals surface area contributed by atoms with E-state index < -0.39 is 16.1 Å². The molecule has 238 valence electrons. The molecule has 0 amide bonds. The zero-order chi connectivity index (χ0) is 33.6. The third kappa shape index (κ3) is 5.43. The van der Waals surface area contributed by atoms with Gasteiger partial charge in [0.1, 0.15) is 16.1 Å². The highest BCUT2D eigenvalue weighted by molar-refractivity contribution is 6.91. The Morgan fingerprint density at radius 3 is 0.978 bits per heavy atom. The summed E-state index contributed by atoms with van der Waals surface area (Å²) in [6.45, 7) is 28.9. The minimum atomic E-state index is -1.98. The van der Waals surface area contributed by atoms with Crippen molar-refractivity contribution in [3.63, 3.8) is 0 Å². The predicted octanol–water partition coefficient (Wildman–Crippen LogP) is 13.4. The summed E-state index contributed by atoms with van der Waals surface area (Å²) in [7, 11) is -3.96. The van der Waals surface area contributed by atoms with E-state index in [1.54, 1.807) is 0 Å². The first-order chi connectivity index (χ1) is 21.8. The van der Waals surface area contributed by atoms with E-state index in [1.807, 2.05) is 0 Å². The van der Waals surface area contributed by atoms with E-state index in [0.717, 1.165) is 0 Å². The molecule has 5 aromatic rings. The van der Waals surface area contributed by atoms with Gasteiger partial charge in [0.15, 0.2) is 0 Å². The van der Waals surface area contributed by atoms with Gasteiger partial charge in [-0.05, 0) is 65.6 Å². The average Bonchev–Trinajstić information content (AvgIpc) is 3.00. The molecular weight excluding hydrogens is 585 g/mol. The Kier molecular flexibility index (Phi) is 9.67. The van der Waals surface area contributed by atoms with Gasteiger partial charge < -0.3 is 0 Å². The maximum absolute atomic E-state index is 4.13. The Morgan fingerprint density at radius 2 is 0.674 bits per heavy atom. The molecule has 0 aliphatic carbocycles. The van der Waals surface area contributed by atoms with E-state index in [1.165, 1.54) is 54.2 Å². The molecule has 2 heteroatoms. The highest BCUT2D eigenvalue weighted by Crippen LogP contribution is 2.44. The SMILES string of the molecule is CC(C)[Si](C#Cc1c2ccc3ccccc3c2c(C#C[Si](C(C)C)(C(C)C)C(C)C)c2ccc3ccccc3c12)(C(C)C)C(C)C. The van der Waals surface area contributed by atoms with Crippen LogP contribution in [0.4, 0.5) is 0 Å². The van der Waals surface area contributed by atoms with Crippen LogP contribution in [0.5, 0.6) is 0 Å². The second kappa shape index (κ2) is 13.1. The summed E-state index contributed by atoms with van der Waals surface area (Å²) in [5.74, 6) is 8.00. The zero-order valence-corrected chi connectivity index (χ0v) is 32.4. The Balaban J connectivity index is 2.07. The molecular formula is C44H54Si2. The summed E-state index contributed by atoms with van der Waals surface area (Å²) < 4.78 is 0. The van der Waals surface area contributed by atoms with Crippen LogP contribution in [0.15, 0.2) is 72.8 Å². The smallest absolute Gasteiger partial charge is 0.125 e. The molecule has 0 fully saturated rings. The minimum Gasteiger partial charge on any atom is -0.125 e. The number of rotatable bonds is 6. The van der Waals surface area contributed by atoms with Crippen LogP contribution < -0.4 is 0 Å². The van der Waals surface area contributed by atoms with Crippen LogP contribution in [0.25, 0.3) is 43.1 Å². The molecule has 5 aromatic carbocycles. The highest BCUT2D eigenvalue weighted by atomic mass is 28.3. The molecule has 0 spiro atoms. The standard InChI is InChI=1S/C44H54Si2/c1-29(2)45(30(3)4,31(5)6)27-25-41-39-23-21-36-18-14-16-20-38(36)44(39)42(26-28-46(32(7)8,33(9)10)34(11)12)40-24-22-35-17-13-15-19-37(35)43(40)41/h13-24,29-34H,1-12H3. The van der Waals surface area contributed by atoms with Gasteiger partial charge in [0.25, 0.3) is 0 Å². The van der Waals surface area contributed by atoms with Crippen molar-refractivity contribution >= 4 is 59.2 Å². The van der Waals surface area contributed by atoms with E-state index in [2.05, 4.69) is 179 Å². The first-order valence-corrected chi connectivity index (χ1v) is 22.1. The predicted molar refractivity (Wildman–Crippen MR) is 212 cm³/mol. The third-order valence-corrected chi connectivity index (χ3v) is 24.0. The number of benzene rings is 5. The number of hydrogen-bond donors (Lipinski definition) is 0. The van der Waals surface area contributed by atoms with Crippen molar-refractivity contribution in [2.24, 2.45) is 0 Å². The van der Waals surface area contributed by atoms with Crippen LogP contribution in [0, 0.1) is 22.9 Å². The van der Waals surface area contributed by atoms with E-state index in [4.69, 9.17) is 0 Å². The molecule has 0 aliphatic rings. The second-order valence-electron chi connectivity index (χ2n) is 15.5. The van der Waals surface area contributed by atoms with Gasteiger partial charge in [-0.3, -0.25) is 0 Å². The summed E-state index contributed by atoms with van der Waals surface area (Å²) in [5.41, 5.74) is 14.0. The first kappa shape index (κ1) is 34.0. The highest BCUT2D eigenvalue weighted by Gasteiger charge is 2.43. The van der Waals surface area contributed by atoms with Crippen LogP contribution in [-0.4, -0.2) is 16.1 Å². The van der Waals surface area contributed by atoms with Crippen molar-refractivity contribution in [2.45, 2.75) is 116 Å². The van der Waals surface area contributed by atoms with E-state index in [9.17, 15) is 0 Å². The van der Waals surface area contributed by atoms with Gasteiger partial charge in [-0.1, -0.05) is 168 Å². The van der Waals surface area contributed by atoms with Crippen LogP contribution in [0.2, 0.25) is 33.2 Å². The number of fused-ring (bicyclic) bond motifs is 6. The molecule has 0 aromatic heterocycles. The largest absolute Gasteiger partial charge is 0.146 e.